The number of aromatic amines is 1. The third-order valence-corrected chi connectivity index (χ3v) is 5.35. The third-order valence-electron chi connectivity index (χ3n) is 4.94. The number of hydrogen-bond donors (Lipinski definition) is 2. The minimum Gasteiger partial charge on any atom is -0.493 e. The Balaban J connectivity index is 1.92. The topological polar surface area (TPSA) is 75.8 Å². The second-order valence-electron chi connectivity index (χ2n) is 7.13. The van der Waals surface area contributed by atoms with Gasteiger partial charge >= 0.3 is 0 Å². The molecule has 0 bridgehead atoms. The van der Waals surface area contributed by atoms with E-state index in [1.54, 1.807) is 39.5 Å². The first-order valence-electron chi connectivity index (χ1n) is 9.99. The molecule has 0 aliphatic rings. The van der Waals surface area contributed by atoms with Crippen molar-refractivity contribution in [1.82, 2.24) is 15.2 Å². The molecule has 0 atom stereocenters. The van der Waals surface area contributed by atoms with Crippen molar-refractivity contribution in [3.63, 3.8) is 0 Å². The van der Waals surface area contributed by atoms with Gasteiger partial charge in [0.15, 0.2) is 16.6 Å². The number of nitrogens with one attached hydrogen (secondary N) is 2. The van der Waals surface area contributed by atoms with Crippen LogP contribution in [0.5, 0.6) is 11.5 Å². The number of thiocarbonyl (C=S) groups is 1. The van der Waals surface area contributed by atoms with E-state index >= 15 is 0 Å². The van der Waals surface area contributed by atoms with Gasteiger partial charge in [-0.25, -0.2) is 4.39 Å². The summed E-state index contributed by atoms with van der Waals surface area (Å²) in [7, 11) is 4.71. The summed E-state index contributed by atoms with van der Waals surface area (Å²) in [5.74, 6) is 0.791. The Morgan fingerprint density at radius 2 is 1.75 bits per heavy atom. The monoisotopic (exact) mass is 459 g/mol. The Labute approximate surface area is 191 Å². The van der Waals surface area contributed by atoms with E-state index in [0.29, 0.717) is 47.4 Å². The summed E-state index contributed by atoms with van der Waals surface area (Å²) in [6, 6.07) is 11.5. The average Bonchev–Trinajstić information content (AvgIpc) is 2.79. The lowest BCUT2D eigenvalue weighted by Crippen LogP contribution is -2.41. The van der Waals surface area contributed by atoms with Crippen LogP contribution in [0.15, 0.2) is 47.3 Å². The number of fused-ring (bicyclic) bond motifs is 1. The van der Waals surface area contributed by atoms with Gasteiger partial charge in [0.2, 0.25) is 0 Å². The largest absolute Gasteiger partial charge is 0.493 e. The molecule has 0 aliphatic carbocycles. The number of pyridine rings is 1. The summed E-state index contributed by atoms with van der Waals surface area (Å²) in [5, 5.41) is 4.41. The Kier molecular flexibility index (Phi) is 8.02. The van der Waals surface area contributed by atoms with E-state index in [0.717, 1.165) is 10.9 Å². The molecule has 0 saturated heterocycles. The van der Waals surface area contributed by atoms with Crippen LogP contribution < -0.4 is 20.3 Å². The summed E-state index contributed by atoms with van der Waals surface area (Å²) in [4.78, 5) is 17.6. The maximum absolute atomic E-state index is 13.3. The zero-order valence-electron chi connectivity index (χ0n) is 18.2. The number of benzene rings is 2. The molecular formula is C23H26FN3O4S. The Morgan fingerprint density at radius 1 is 1.06 bits per heavy atom. The third kappa shape index (κ3) is 5.74. The van der Waals surface area contributed by atoms with Crippen molar-refractivity contribution >= 4 is 28.2 Å². The van der Waals surface area contributed by atoms with Crippen LogP contribution >= 0.6 is 12.2 Å². The number of methoxy groups -OCH3 is 3. The molecule has 3 aromatic rings. The van der Waals surface area contributed by atoms with Crippen LogP contribution in [0.3, 0.4) is 0 Å². The molecule has 0 aliphatic heterocycles. The Bertz CT molecular complexity index is 1130. The fourth-order valence-corrected chi connectivity index (χ4v) is 3.51. The number of H-pyrrole nitrogens is 1. The van der Waals surface area contributed by atoms with E-state index < -0.39 is 0 Å². The van der Waals surface area contributed by atoms with Crippen molar-refractivity contribution in [2.45, 2.75) is 13.1 Å². The maximum atomic E-state index is 13.3. The van der Waals surface area contributed by atoms with Gasteiger partial charge in [-0.2, -0.15) is 0 Å². The van der Waals surface area contributed by atoms with Crippen LogP contribution in [0.2, 0.25) is 0 Å². The quantitative estimate of drug-likeness (QED) is 0.376. The normalized spacial score (nSPS) is 10.8. The minimum absolute atomic E-state index is 0.228. The summed E-state index contributed by atoms with van der Waals surface area (Å²) in [6.45, 7) is 1.68. The van der Waals surface area contributed by atoms with Crippen LogP contribution in [-0.2, 0) is 17.8 Å². The molecule has 1 aromatic heterocycles. The predicted octanol–water partition coefficient (Wildman–Crippen LogP) is 3.21. The first-order chi connectivity index (χ1) is 15.4. The van der Waals surface area contributed by atoms with Gasteiger partial charge in [-0.15, -0.1) is 0 Å². The molecule has 0 amide bonds. The molecule has 7 nitrogen and oxygen atoms in total. The Morgan fingerprint density at radius 3 is 2.41 bits per heavy atom. The van der Waals surface area contributed by atoms with E-state index in [1.165, 1.54) is 12.1 Å². The number of halogens is 1. The lowest BCUT2D eigenvalue weighted by Gasteiger charge is -2.26. The molecular weight excluding hydrogens is 433 g/mol. The molecule has 0 fully saturated rings. The number of rotatable bonds is 9. The molecule has 32 heavy (non-hydrogen) atoms. The van der Waals surface area contributed by atoms with Gasteiger partial charge in [-0.05, 0) is 42.0 Å². The molecule has 0 spiro atoms. The summed E-state index contributed by atoms with van der Waals surface area (Å²) < 4.78 is 29.1. The van der Waals surface area contributed by atoms with Crippen molar-refractivity contribution in [1.29, 1.82) is 0 Å². The number of aromatic nitrogens is 1. The molecule has 0 unspecified atom stereocenters. The molecule has 0 saturated carbocycles. The van der Waals surface area contributed by atoms with Crippen molar-refractivity contribution in [2.24, 2.45) is 0 Å². The number of nitrogens with zero attached hydrogens (tertiary/aromatic N) is 1. The first-order valence-corrected chi connectivity index (χ1v) is 10.4. The second kappa shape index (κ2) is 10.9. The SMILES string of the molecule is COCCNC(=S)N(Cc1ccc(F)cc1)Cc1cc2cc(OC)c(OC)cc2[nH]c1=O. The zero-order chi connectivity index (χ0) is 23.1. The van der Waals surface area contributed by atoms with Gasteiger partial charge in [-0.3, -0.25) is 4.79 Å². The van der Waals surface area contributed by atoms with E-state index in [1.807, 2.05) is 17.0 Å². The van der Waals surface area contributed by atoms with Crippen molar-refractivity contribution in [3.8, 4) is 11.5 Å². The highest BCUT2D eigenvalue weighted by molar-refractivity contribution is 7.80. The molecule has 170 valence electrons. The molecule has 1 heterocycles. The summed E-state index contributed by atoms with van der Waals surface area (Å²) >= 11 is 5.56. The molecule has 9 heteroatoms. The smallest absolute Gasteiger partial charge is 0.253 e. The highest BCUT2D eigenvalue weighted by atomic mass is 32.1. The summed E-state index contributed by atoms with van der Waals surface area (Å²) in [5.41, 5.74) is 1.81. The van der Waals surface area contributed by atoms with Crippen molar-refractivity contribution in [2.75, 3.05) is 34.5 Å². The fraction of sp³-hybridized carbons (Fsp3) is 0.304. The molecule has 0 radical (unpaired) electrons. The highest BCUT2D eigenvalue weighted by Gasteiger charge is 2.15. The minimum atomic E-state index is -0.309. The van der Waals surface area contributed by atoms with Crippen LogP contribution in [0.4, 0.5) is 4.39 Å². The van der Waals surface area contributed by atoms with E-state index in [-0.39, 0.29) is 17.9 Å². The van der Waals surface area contributed by atoms with Crippen molar-refractivity contribution < 1.29 is 18.6 Å². The van der Waals surface area contributed by atoms with Crippen LogP contribution in [-0.4, -0.2) is 49.5 Å². The van der Waals surface area contributed by atoms with Gasteiger partial charge in [0.25, 0.3) is 5.56 Å². The second-order valence-corrected chi connectivity index (χ2v) is 7.51. The van der Waals surface area contributed by atoms with Crippen LogP contribution in [0.25, 0.3) is 10.9 Å². The predicted molar refractivity (Wildman–Crippen MR) is 126 cm³/mol. The first kappa shape index (κ1) is 23.5. The van der Waals surface area contributed by atoms with Gasteiger partial charge in [-0.1, -0.05) is 12.1 Å². The van der Waals surface area contributed by atoms with Gasteiger partial charge in [0, 0.05) is 37.2 Å². The number of hydrogen-bond acceptors (Lipinski definition) is 5. The standard InChI is InChI=1S/C23H26FN3O4S/c1-29-9-8-25-23(32)27(13-15-4-6-18(24)7-5-15)14-17-10-16-11-20(30-2)21(31-3)12-19(16)26-22(17)28/h4-7,10-12H,8-9,13-14H2,1-3H3,(H,25,32)(H,26,28). The van der Waals surface area contributed by atoms with Crippen molar-refractivity contribution in [3.05, 3.63) is 69.8 Å². The maximum Gasteiger partial charge on any atom is 0.253 e. The van der Waals surface area contributed by atoms with E-state index in [2.05, 4.69) is 10.3 Å². The molecule has 3 rings (SSSR count). The zero-order valence-corrected chi connectivity index (χ0v) is 19.1. The van der Waals surface area contributed by atoms with Gasteiger partial charge in [0.1, 0.15) is 5.82 Å². The molecule has 2 aromatic carbocycles. The lowest BCUT2D eigenvalue weighted by molar-refractivity contribution is 0.202. The Hall–Kier alpha value is -3.17. The van der Waals surface area contributed by atoms with Crippen LogP contribution in [0.1, 0.15) is 11.1 Å². The number of ether oxygens (including phenoxy) is 3. The average molecular weight is 460 g/mol. The molecule has 2 N–H and O–H groups in total. The fourth-order valence-electron chi connectivity index (χ4n) is 3.28. The van der Waals surface area contributed by atoms with Crippen LogP contribution in [0, 0.1) is 5.82 Å². The summed E-state index contributed by atoms with van der Waals surface area (Å²) in [6.07, 6.45) is 0. The van der Waals surface area contributed by atoms with Gasteiger partial charge < -0.3 is 29.4 Å². The van der Waals surface area contributed by atoms with E-state index in [4.69, 9.17) is 26.4 Å². The highest BCUT2D eigenvalue weighted by Crippen LogP contribution is 2.31. The lowest BCUT2D eigenvalue weighted by atomic mass is 10.1. The van der Waals surface area contributed by atoms with Gasteiger partial charge in [0.05, 0.1) is 32.9 Å². The van der Waals surface area contributed by atoms with E-state index in [9.17, 15) is 9.18 Å².